The molecule has 5 aliphatic rings. The molecule has 30 heavy (non-hydrogen) atoms. The van der Waals surface area contributed by atoms with Crippen LogP contribution in [0.2, 0.25) is 0 Å². The van der Waals surface area contributed by atoms with Gasteiger partial charge in [-0.2, -0.15) is 0 Å². The summed E-state index contributed by atoms with van der Waals surface area (Å²) in [5, 5.41) is 0.613. The summed E-state index contributed by atoms with van der Waals surface area (Å²) in [6.07, 6.45) is 6.34. The molecule has 1 spiro atoms. The van der Waals surface area contributed by atoms with E-state index in [0.29, 0.717) is 23.3 Å². The van der Waals surface area contributed by atoms with E-state index in [0.717, 1.165) is 29.7 Å². The lowest BCUT2D eigenvalue weighted by molar-refractivity contribution is -0.147. The van der Waals surface area contributed by atoms with Gasteiger partial charge in [-0.3, -0.25) is 14.5 Å². The monoisotopic (exact) mass is 430 g/mol. The number of carbonyl (C=O) groups is 3. The zero-order valence-electron chi connectivity index (χ0n) is 17.7. The molecular weight excluding hydrogens is 404 g/mol. The third-order valence-corrected chi connectivity index (χ3v) is 7.39. The Morgan fingerprint density at radius 1 is 1.23 bits per heavy atom. The minimum Gasteiger partial charge on any atom is -0.443 e. The largest absolute Gasteiger partial charge is 0.443 e. The van der Waals surface area contributed by atoms with Crippen LogP contribution in [-0.4, -0.2) is 56.7 Å². The molecule has 3 heterocycles. The Balaban J connectivity index is 1.53. The number of nitrogens with zero attached hydrogens (tertiary/aromatic N) is 4. The van der Waals surface area contributed by atoms with E-state index < -0.39 is 23.0 Å². The highest BCUT2D eigenvalue weighted by atomic mass is 32.2. The highest BCUT2D eigenvalue weighted by molar-refractivity contribution is 7.98. The zero-order valence-corrected chi connectivity index (χ0v) is 18.5. The first kappa shape index (κ1) is 19.8. The summed E-state index contributed by atoms with van der Waals surface area (Å²) in [6.45, 7) is 5.46. The molecular formula is C21H26N4O4S. The number of fused-ring (bicyclic) bond motifs is 1. The molecule has 4 fully saturated rings. The standard InChI is InChI=1S/C21H26N4O4S/c1-19(2,3)29-18(28)24-6-5-21(15(24)26)10-13-11-22-17(30-4)23-14(13)25(16(21)27)20-7-12(8-20)9-20/h11-12H,5-10H2,1-4H3. The number of hydrogen-bond acceptors (Lipinski definition) is 7. The van der Waals surface area contributed by atoms with Crippen molar-refractivity contribution in [2.24, 2.45) is 11.3 Å². The van der Waals surface area contributed by atoms with E-state index in [4.69, 9.17) is 4.74 Å². The first-order chi connectivity index (χ1) is 14.1. The lowest BCUT2D eigenvalue weighted by Crippen LogP contribution is -2.73. The molecule has 3 amide bonds. The quantitative estimate of drug-likeness (QED) is 0.405. The zero-order chi connectivity index (χ0) is 21.5. The van der Waals surface area contributed by atoms with Gasteiger partial charge in [-0.25, -0.2) is 19.7 Å². The number of rotatable bonds is 2. The van der Waals surface area contributed by atoms with E-state index in [2.05, 4.69) is 9.97 Å². The second-order valence-corrected chi connectivity index (χ2v) is 10.8. The van der Waals surface area contributed by atoms with Crippen LogP contribution >= 0.6 is 11.8 Å². The molecule has 3 saturated carbocycles. The van der Waals surface area contributed by atoms with E-state index in [-0.39, 0.29) is 24.4 Å². The van der Waals surface area contributed by atoms with E-state index in [1.54, 1.807) is 31.9 Å². The van der Waals surface area contributed by atoms with Crippen molar-refractivity contribution in [2.75, 3.05) is 17.7 Å². The molecule has 160 valence electrons. The molecule has 0 aromatic carbocycles. The molecule has 2 aliphatic heterocycles. The van der Waals surface area contributed by atoms with Gasteiger partial charge in [-0.1, -0.05) is 11.8 Å². The Morgan fingerprint density at radius 2 is 1.93 bits per heavy atom. The molecule has 3 aliphatic carbocycles. The normalized spacial score (nSPS) is 32.1. The van der Waals surface area contributed by atoms with Crippen LogP contribution in [0.4, 0.5) is 10.6 Å². The Kier molecular flexibility index (Phi) is 4.08. The third kappa shape index (κ3) is 2.63. The van der Waals surface area contributed by atoms with E-state index in [1.165, 1.54) is 11.8 Å². The minimum atomic E-state index is -1.27. The molecule has 1 atom stereocenters. The van der Waals surface area contributed by atoms with Gasteiger partial charge in [0, 0.05) is 24.7 Å². The number of hydrogen-bond donors (Lipinski definition) is 0. The van der Waals surface area contributed by atoms with Crippen LogP contribution in [0.5, 0.6) is 0 Å². The topological polar surface area (TPSA) is 92.7 Å². The highest BCUT2D eigenvalue weighted by Crippen LogP contribution is 2.63. The van der Waals surface area contributed by atoms with Crippen molar-refractivity contribution in [3.63, 3.8) is 0 Å². The number of aromatic nitrogens is 2. The maximum absolute atomic E-state index is 13.9. The number of thioether (sulfide) groups is 1. The third-order valence-electron chi connectivity index (χ3n) is 6.83. The fourth-order valence-corrected chi connectivity index (χ4v) is 5.62. The molecule has 1 aromatic rings. The molecule has 1 unspecified atom stereocenters. The number of amides is 3. The average Bonchev–Trinajstić information content (AvgIpc) is 2.92. The smallest absolute Gasteiger partial charge is 0.417 e. The second kappa shape index (κ2) is 6.18. The molecule has 8 nitrogen and oxygen atoms in total. The number of ether oxygens (including phenoxy) is 1. The maximum atomic E-state index is 13.9. The van der Waals surface area contributed by atoms with Gasteiger partial charge in [0.1, 0.15) is 16.8 Å². The van der Waals surface area contributed by atoms with Crippen LogP contribution in [0, 0.1) is 11.3 Å². The van der Waals surface area contributed by atoms with Crippen LogP contribution in [0.3, 0.4) is 0 Å². The Bertz CT molecular complexity index is 957. The number of likely N-dealkylation sites (tertiary alicyclic amines) is 1. The molecule has 9 heteroatoms. The van der Waals surface area contributed by atoms with Crippen LogP contribution in [-0.2, 0) is 20.7 Å². The van der Waals surface area contributed by atoms with Crippen molar-refractivity contribution in [3.05, 3.63) is 11.8 Å². The predicted octanol–water partition coefficient (Wildman–Crippen LogP) is 2.79. The van der Waals surface area contributed by atoms with Gasteiger partial charge in [0.2, 0.25) is 11.8 Å². The first-order valence-corrected chi connectivity index (χ1v) is 11.6. The van der Waals surface area contributed by atoms with Gasteiger partial charge < -0.3 is 4.74 Å². The summed E-state index contributed by atoms with van der Waals surface area (Å²) in [5.74, 6) is 0.637. The van der Waals surface area contributed by atoms with Crippen LogP contribution in [0.25, 0.3) is 0 Å². The molecule has 2 bridgehead atoms. The highest BCUT2D eigenvalue weighted by Gasteiger charge is 2.68. The maximum Gasteiger partial charge on any atom is 0.417 e. The molecule has 1 saturated heterocycles. The lowest BCUT2D eigenvalue weighted by Gasteiger charge is -2.67. The van der Waals surface area contributed by atoms with Crippen LogP contribution in [0.1, 0.15) is 52.0 Å². The van der Waals surface area contributed by atoms with Gasteiger partial charge >= 0.3 is 6.09 Å². The average molecular weight is 431 g/mol. The number of carbonyl (C=O) groups excluding carboxylic acids is 3. The van der Waals surface area contributed by atoms with Gasteiger partial charge in [0.05, 0.1) is 5.54 Å². The second-order valence-electron chi connectivity index (χ2n) is 9.99. The van der Waals surface area contributed by atoms with Gasteiger partial charge in [0.25, 0.3) is 0 Å². The first-order valence-electron chi connectivity index (χ1n) is 10.4. The van der Waals surface area contributed by atoms with E-state index in [1.807, 2.05) is 6.26 Å². The summed E-state index contributed by atoms with van der Waals surface area (Å²) < 4.78 is 5.41. The summed E-state index contributed by atoms with van der Waals surface area (Å²) >= 11 is 1.43. The molecule has 1 aromatic heterocycles. The van der Waals surface area contributed by atoms with Crippen molar-refractivity contribution in [1.82, 2.24) is 14.9 Å². The predicted molar refractivity (Wildman–Crippen MR) is 110 cm³/mol. The van der Waals surface area contributed by atoms with Gasteiger partial charge in [-0.15, -0.1) is 0 Å². The van der Waals surface area contributed by atoms with Crippen molar-refractivity contribution in [3.8, 4) is 0 Å². The van der Waals surface area contributed by atoms with E-state index in [9.17, 15) is 14.4 Å². The van der Waals surface area contributed by atoms with Gasteiger partial charge in [-0.05, 0) is 58.6 Å². The Labute approximate surface area is 179 Å². The minimum absolute atomic E-state index is 0.183. The van der Waals surface area contributed by atoms with Gasteiger partial charge in [0.15, 0.2) is 5.16 Å². The van der Waals surface area contributed by atoms with Crippen molar-refractivity contribution in [2.45, 2.75) is 69.2 Å². The van der Waals surface area contributed by atoms with Crippen LogP contribution < -0.4 is 4.90 Å². The summed E-state index contributed by atoms with van der Waals surface area (Å²) in [5.41, 5.74) is -1.41. The summed E-state index contributed by atoms with van der Waals surface area (Å²) in [6, 6.07) is 0. The van der Waals surface area contributed by atoms with Crippen molar-refractivity contribution >= 4 is 35.5 Å². The fourth-order valence-electron chi connectivity index (χ4n) is 5.28. The lowest BCUT2D eigenvalue weighted by atomic mass is 9.48. The SMILES string of the molecule is CSc1ncc2c(n1)N(C13CC(C1)C3)C(=O)C1(CCN(C(=O)OC(C)(C)C)C1=O)C2. The molecule has 0 N–H and O–H groups in total. The van der Waals surface area contributed by atoms with Crippen molar-refractivity contribution in [1.29, 1.82) is 0 Å². The van der Waals surface area contributed by atoms with E-state index >= 15 is 0 Å². The van der Waals surface area contributed by atoms with Crippen molar-refractivity contribution < 1.29 is 19.1 Å². The Hall–Kier alpha value is -2.16. The summed E-state index contributed by atoms with van der Waals surface area (Å²) in [7, 11) is 0. The fraction of sp³-hybridized carbons (Fsp3) is 0.667. The summed E-state index contributed by atoms with van der Waals surface area (Å²) in [4.78, 5) is 51.9. The number of imide groups is 1. The molecule has 6 rings (SSSR count). The number of anilines is 1. The molecule has 0 radical (unpaired) electrons. The van der Waals surface area contributed by atoms with Crippen LogP contribution in [0.15, 0.2) is 11.4 Å². The Morgan fingerprint density at radius 3 is 2.50 bits per heavy atom.